The Morgan fingerprint density at radius 2 is 2.38 bits per heavy atom. The van der Waals surface area contributed by atoms with E-state index in [2.05, 4.69) is 4.98 Å². The molecule has 0 spiro atoms. The molecular weight excluding hydrogens is 213 g/mol. The van der Waals surface area contributed by atoms with E-state index >= 15 is 0 Å². The van der Waals surface area contributed by atoms with Gasteiger partial charge in [-0.1, -0.05) is 0 Å². The summed E-state index contributed by atoms with van der Waals surface area (Å²) in [6, 6.07) is 2.98. The van der Waals surface area contributed by atoms with Gasteiger partial charge in [-0.15, -0.1) is 0 Å². The second-order valence-corrected chi connectivity index (χ2v) is 3.62. The molecule has 0 saturated carbocycles. The molecule has 0 radical (unpaired) electrons. The first kappa shape index (κ1) is 10.5. The lowest BCUT2D eigenvalue weighted by atomic mass is 10.1. The maximum absolute atomic E-state index is 13.3. The molecule has 1 fully saturated rings. The maximum atomic E-state index is 13.3. The summed E-state index contributed by atoms with van der Waals surface area (Å²) in [5.74, 6) is -2.12. The molecule has 1 aliphatic rings. The minimum Gasteiger partial charge on any atom is -0.369 e. The molecule has 0 aliphatic carbocycles. The highest BCUT2D eigenvalue weighted by molar-refractivity contribution is 5.99. The van der Waals surface area contributed by atoms with Gasteiger partial charge in [0.2, 0.25) is 17.8 Å². The molecule has 1 aromatic heterocycles. The SMILES string of the molecule is NC(=O)C1CC(=O)N(c2cccnc2F)C1. The second kappa shape index (κ2) is 3.88. The fraction of sp³-hybridized carbons (Fsp3) is 0.300. The van der Waals surface area contributed by atoms with Crippen LogP contribution >= 0.6 is 0 Å². The van der Waals surface area contributed by atoms with E-state index in [9.17, 15) is 14.0 Å². The molecular formula is C10H10FN3O2. The third kappa shape index (κ3) is 1.73. The number of nitrogens with two attached hydrogens (primary N) is 1. The van der Waals surface area contributed by atoms with Crippen molar-refractivity contribution in [2.75, 3.05) is 11.4 Å². The molecule has 1 aliphatic heterocycles. The zero-order valence-electron chi connectivity index (χ0n) is 8.39. The van der Waals surface area contributed by atoms with E-state index in [0.29, 0.717) is 0 Å². The van der Waals surface area contributed by atoms with Crippen molar-refractivity contribution < 1.29 is 14.0 Å². The average molecular weight is 223 g/mol. The molecule has 1 atom stereocenters. The first-order chi connectivity index (χ1) is 7.59. The van der Waals surface area contributed by atoms with Gasteiger partial charge in [0.15, 0.2) is 0 Å². The summed E-state index contributed by atoms with van der Waals surface area (Å²) in [6.07, 6.45) is 1.33. The monoisotopic (exact) mass is 223 g/mol. The van der Waals surface area contributed by atoms with E-state index in [0.717, 1.165) is 0 Å². The smallest absolute Gasteiger partial charge is 0.236 e. The van der Waals surface area contributed by atoms with Gasteiger partial charge in [0.25, 0.3) is 0 Å². The van der Waals surface area contributed by atoms with Gasteiger partial charge in [0, 0.05) is 19.2 Å². The number of carbonyl (C=O) groups is 2. The van der Waals surface area contributed by atoms with Crippen LogP contribution in [0.5, 0.6) is 0 Å². The Kier molecular flexibility index (Phi) is 2.55. The quantitative estimate of drug-likeness (QED) is 0.720. The Hall–Kier alpha value is -1.98. The van der Waals surface area contributed by atoms with Crippen LogP contribution in [0.1, 0.15) is 6.42 Å². The van der Waals surface area contributed by atoms with Crippen molar-refractivity contribution in [3.8, 4) is 0 Å². The molecule has 5 nitrogen and oxygen atoms in total. The van der Waals surface area contributed by atoms with Gasteiger partial charge in [0.05, 0.1) is 11.6 Å². The topological polar surface area (TPSA) is 76.3 Å². The van der Waals surface area contributed by atoms with Crippen LogP contribution in [0.25, 0.3) is 0 Å². The first-order valence-electron chi connectivity index (χ1n) is 4.80. The van der Waals surface area contributed by atoms with Crippen LogP contribution in [0.2, 0.25) is 0 Å². The lowest BCUT2D eigenvalue weighted by molar-refractivity contribution is -0.123. The largest absolute Gasteiger partial charge is 0.369 e. The number of amides is 2. The summed E-state index contributed by atoms with van der Waals surface area (Å²) in [5.41, 5.74) is 5.20. The Morgan fingerprint density at radius 1 is 1.62 bits per heavy atom. The summed E-state index contributed by atoms with van der Waals surface area (Å²) < 4.78 is 13.3. The van der Waals surface area contributed by atoms with Gasteiger partial charge in [-0.2, -0.15) is 4.39 Å². The highest BCUT2D eigenvalue weighted by Gasteiger charge is 2.35. The van der Waals surface area contributed by atoms with Crippen LogP contribution in [-0.4, -0.2) is 23.3 Å². The zero-order chi connectivity index (χ0) is 11.7. The molecule has 1 unspecified atom stereocenters. The lowest BCUT2D eigenvalue weighted by Gasteiger charge is -2.15. The normalized spacial score (nSPS) is 20.2. The summed E-state index contributed by atoms with van der Waals surface area (Å²) in [4.78, 5) is 27.2. The predicted octanol–water partition coefficient (Wildman–Crippen LogP) is 0.0589. The van der Waals surface area contributed by atoms with Gasteiger partial charge in [-0.25, -0.2) is 4.98 Å². The number of anilines is 1. The molecule has 84 valence electrons. The third-order valence-corrected chi connectivity index (χ3v) is 2.56. The van der Waals surface area contributed by atoms with E-state index in [1.807, 2.05) is 0 Å². The van der Waals surface area contributed by atoms with Crippen molar-refractivity contribution in [3.05, 3.63) is 24.3 Å². The average Bonchev–Trinajstić information content (AvgIpc) is 2.61. The molecule has 2 amide bonds. The van der Waals surface area contributed by atoms with Gasteiger partial charge in [-0.3, -0.25) is 9.59 Å². The number of hydrogen-bond acceptors (Lipinski definition) is 3. The van der Waals surface area contributed by atoms with Gasteiger partial charge in [-0.05, 0) is 12.1 Å². The van der Waals surface area contributed by atoms with E-state index in [4.69, 9.17) is 5.73 Å². The van der Waals surface area contributed by atoms with Gasteiger partial charge < -0.3 is 10.6 Å². The van der Waals surface area contributed by atoms with E-state index in [1.165, 1.54) is 23.2 Å². The maximum Gasteiger partial charge on any atom is 0.236 e. The third-order valence-electron chi connectivity index (χ3n) is 2.56. The second-order valence-electron chi connectivity index (χ2n) is 3.62. The zero-order valence-corrected chi connectivity index (χ0v) is 8.39. The number of aromatic nitrogens is 1. The molecule has 16 heavy (non-hydrogen) atoms. The van der Waals surface area contributed by atoms with Crippen LogP contribution in [0, 0.1) is 11.9 Å². The van der Waals surface area contributed by atoms with E-state index < -0.39 is 17.8 Å². The van der Waals surface area contributed by atoms with E-state index in [1.54, 1.807) is 0 Å². The van der Waals surface area contributed by atoms with Gasteiger partial charge in [0.1, 0.15) is 0 Å². The number of primary amides is 1. The van der Waals surface area contributed by atoms with Crippen molar-refractivity contribution in [2.24, 2.45) is 11.7 Å². The predicted molar refractivity (Wildman–Crippen MR) is 53.8 cm³/mol. The summed E-state index contributed by atoms with van der Waals surface area (Å²) >= 11 is 0. The summed E-state index contributed by atoms with van der Waals surface area (Å²) in [7, 11) is 0. The Morgan fingerprint density at radius 3 is 2.94 bits per heavy atom. The standard InChI is InChI=1S/C10H10FN3O2/c11-9-7(2-1-3-13-9)14-5-6(10(12)16)4-8(14)15/h1-3,6H,4-5H2,(H2,12,16). The van der Waals surface area contributed by atoms with Crippen molar-refractivity contribution >= 4 is 17.5 Å². The fourth-order valence-electron chi connectivity index (χ4n) is 1.71. The lowest BCUT2D eigenvalue weighted by Crippen LogP contribution is -2.29. The van der Waals surface area contributed by atoms with Crippen LogP contribution in [0.15, 0.2) is 18.3 Å². The first-order valence-corrected chi connectivity index (χ1v) is 4.80. The minimum absolute atomic E-state index is 0.0314. The van der Waals surface area contributed by atoms with Crippen molar-refractivity contribution in [3.63, 3.8) is 0 Å². The Balaban J connectivity index is 2.27. The number of carbonyl (C=O) groups excluding carboxylic acids is 2. The van der Waals surface area contributed by atoms with Crippen molar-refractivity contribution in [1.29, 1.82) is 0 Å². The number of hydrogen-bond donors (Lipinski definition) is 1. The van der Waals surface area contributed by atoms with Crippen molar-refractivity contribution in [2.45, 2.75) is 6.42 Å². The Labute approximate surface area is 91.1 Å². The molecule has 1 aromatic rings. The number of rotatable bonds is 2. The molecule has 2 heterocycles. The van der Waals surface area contributed by atoms with Crippen molar-refractivity contribution in [1.82, 2.24) is 4.98 Å². The van der Waals surface area contributed by atoms with Crippen LogP contribution in [0.3, 0.4) is 0 Å². The highest BCUT2D eigenvalue weighted by Crippen LogP contribution is 2.25. The molecule has 1 saturated heterocycles. The summed E-state index contributed by atoms with van der Waals surface area (Å²) in [5, 5.41) is 0. The van der Waals surface area contributed by atoms with Crippen LogP contribution in [-0.2, 0) is 9.59 Å². The molecule has 0 bridgehead atoms. The van der Waals surface area contributed by atoms with E-state index in [-0.39, 0.29) is 24.6 Å². The molecule has 0 aromatic carbocycles. The van der Waals surface area contributed by atoms with Gasteiger partial charge >= 0.3 is 0 Å². The molecule has 6 heteroatoms. The summed E-state index contributed by atoms with van der Waals surface area (Å²) in [6.45, 7) is 0.122. The number of pyridine rings is 1. The number of nitrogens with zero attached hydrogens (tertiary/aromatic N) is 2. The Bertz CT molecular complexity index is 449. The van der Waals surface area contributed by atoms with Crippen LogP contribution < -0.4 is 10.6 Å². The minimum atomic E-state index is -0.721. The van der Waals surface area contributed by atoms with Crippen LogP contribution in [0.4, 0.5) is 10.1 Å². The fourth-order valence-corrected chi connectivity index (χ4v) is 1.71. The highest BCUT2D eigenvalue weighted by atomic mass is 19.1. The number of halogens is 1. The molecule has 2 rings (SSSR count). The molecule has 2 N–H and O–H groups in total.